The number of hydrogen-bond acceptors (Lipinski definition) is 3. The van der Waals surface area contributed by atoms with Gasteiger partial charge in [0.2, 0.25) is 10.0 Å². The summed E-state index contributed by atoms with van der Waals surface area (Å²) >= 11 is 19.4. The molecular formula is C24H22Cl3NO4S. The molecule has 0 aromatic heterocycles. The van der Waals surface area contributed by atoms with E-state index in [1.165, 1.54) is 18.2 Å². The first-order valence-electron chi connectivity index (χ1n) is 10.4. The van der Waals surface area contributed by atoms with Crippen LogP contribution in [0, 0.1) is 0 Å². The maximum Gasteiger partial charge on any atom is 0.318 e. The number of nitrogens with zero attached hydrogens (tertiary/aromatic N) is 1. The molecule has 0 heterocycles. The molecule has 9 heteroatoms. The Hall–Kier alpha value is -1.83. The van der Waals surface area contributed by atoms with Crippen molar-refractivity contribution in [1.29, 1.82) is 0 Å². The van der Waals surface area contributed by atoms with Gasteiger partial charge >= 0.3 is 5.97 Å². The maximum absolute atomic E-state index is 13.7. The standard InChI is InChI=1S/C24H22Cl3NO4S/c25-19-7-1-5-17(13-19)18-6-3-10-23(27,15-18)24(11-4-12-24)28(16-22(29)30)33(31,32)21-9-2-8-20(26)14-21/h1-3,5-10,13-14H,4,11-12,15-16H2,(H,29,30). The van der Waals surface area contributed by atoms with E-state index in [1.807, 2.05) is 24.3 Å². The van der Waals surface area contributed by atoms with Gasteiger partial charge in [0.25, 0.3) is 0 Å². The van der Waals surface area contributed by atoms with Crippen molar-refractivity contribution in [2.45, 2.75) is 41.0 Å². The van der Waals surface area contributed by atoms with Gasteiger partial charge in [0.1, 0.15) is 6.54 Å². The van der Waals surface area contributed by atoms with E-state index in [1.54, 1.807) is 24.3 Å². The Kier molecular flexibility index (Phi) is 6.69. The number of hydrogen-bond donors (Lipinski definition) is 1. The molecule has 1 N–H and O–H groups in total. The van der Waals surface area contributed by atoms with Crippen LogP contribution in [0.25, 0.3) is 5.57 Å². The highest BCUT2D eigenvalue weighted by atomic mass is 35.5. The summed E-state index contributed by atoms with van der Waals surface area (Å²) in [5.41, 5.74) is 0.674. The molecule has 2 aromatic rings. The summed E-state index contributed by atoms with van der Waals surface area (Å²) in [5.74, 6) is -1.25. The Labute approximate surface area is 208 Å². The Morgan fingerprint density at radius 3 is 2.30 bits per heavy atom. The first kappa shape index (κ1) is 24.3. The number of alkyl halides is 1. The number of aliphatic carboxylic acids is 1. The van der Waals surface area contributed by atoms with E-state index in [2.05, 4.69) is 0 Å². The zero-order valence-electron chi connectivity index (χ0n) is 17.5. The molecule has 2 aliphatic rings. The van der Waals surface area contributed by atoms with Gasteiger partial charge in [0.15, 0.2) is 0 Å². The van der Waals surface area contributed by atoms with Crippen LogP contribution in [-0.2, 0) is 14.8 Å². The van der Waals surface area contributed by atoms with Gasteiger partial charge < -0.3 is 5.11 Å². The Morgan fingerprint density at radius 2 is 1.73 bits per heavy atom. The molecule has 0 bridgehead atoms. The van der Waals surface area contributed by atoms with Gasteiger partial charge in [-0.05, 0) is 67.2 Å². The minimum absolute atomic E-state index is 0.0619. The van der Waals surface area contributed by atoms with Crippen LogP contribution in [0.15, 0.2) is 71.7 Å². The van der Waals surface area contributed by atoms with Gasteiger partial charge in [-0.1, -0.05) is 59.6 Å². The van der Waals surface area contributed by atoms with Crippen molar-refractivity contribution in [2.75, 3.05) is 6.54 Å². The van der Waals surface area contributed by atoms with E-state index < -0.39 is 33.0 Å². The van der Waals surface area contributed by atoms with E-state index >= 15 is 0 Å². The molecule has 174 valence electrons. The second kappa shape index (κ2) is 9.08. The topological polar surface area (TPSA) is 74.7 Å². The third-order valence-corrected chi connectivity index (χ3v) is 9.39. The summed E-state index contributed by atoms with van der Waals surface area (Å²) in [7, 11) is -4.20. The Bertz CT molecular complexity index is 1250. The van der Waals surface area contributed by atoms with Crippen LogP contribution < -0.4 is 0 Å². The molecule has 0 aliphatic heterocycles. The number of benzene rings is 2. The highest BCUT2D eigenvalue weighted by molar-refractivity contribution is 7.89. The molecular weight excluding hydrogens is 505 g/mol. The fourth-order valence-corrected chi connectivity index (χ4v) is 7.52. The fourth-order valence-electron chi connectivity index (χ4n) is 4.65. The van der Waals surface area contributed by atoms with Crippen LogP contribution in [0.5, 0.6) is 0 Å². The van der Waals surface area contributed by atoms with Crippen LogP contribution in [-0.4, -0.2) is 40.8 Å². The highest BCUT2D eigenvalue weighted by Crippen LogP contribution is 2.55. The molecule has 1 fully saturated rings. The second-order valence-corrected chi connectivity index (χ2v) is 11.8. The summed E-state index contributed by atoms with van der Waals surface area (Å²) in [6.45, 7) is -0.701. The predicted octanol–water partition coefficient (Wildman–Crippen LogP) is 6.01. The fraction of sp³-hybridized carbons (Fsp3) is 0.292. The number of allylic oxidation sites excluding steroid dienone is 3. The minimum Gasteiger partial charge on any atom is -0.480 e. The summed E-state index contributed by atoms with van der Waals surface area (Å²) in [4.78, 5) is 10.6. The van der Waals surface area contributed by atoms with Crippen molar-refractivity contribution in [1.82, 2.24) is 4.31 Å². The smallest absolute Gasteiger partial charge is 0.318 e. The molecule has 1 saturated carbocycles. The molecule has 0 radical (unpaired) electrons. The summed E-state index contributed by atoms with van der Waals surface area (Å²) in [5, 5.41) is 10.5. The molecule has 0 spiro atoms. The lowest BCUT2D eigenvalue weighted by atomic mass is 9.64. The maximum atomic E-state index is 13.7. The first-order chi connectivity index (χ1) is 15.6. The van der Waals surface area contributed by atoms with Crippen LogP contribution in [0.1, 0.15) is 31.2 Å². The molecule has 5 nitrogen and oxygen atoms in total. The average molecular weight is 527 g/mol. The van der Waals surface area contributed by atoms with E-state index in [0.717, 1.165) is 21.9 Å². The molecule has 0 amide bonds. The van der Waals surface area contributed by atoms with Gasteiger partial charge in [0, 0.05) is 10.0 Å². The van der Waals surface area contributed by atoms with Crippen molar-refractivity contribution in [3.8, 4) is 0 Å². The van der Waals surface area contributed by atoms with Crippen molar-refractivity contribution in [3.05, 3.63) is 82.4 Å². The van der Waals surface area contributed by atoms with Crippen molar-refractivity contribution in [3.63, 3.8) is 0 Å². The van der Waals surface area contributed by atoms with E-state index in [9.17, 15) is 18.3 Å². The van der Waals surface area contributed by atoms with Gasteiger partial charge in [-0.25, -0.2) is 8.42 Å². The van der Waals surface area contributed by atoms with Gasteiger partial charge in [-0.2, -0.15) is 4.31 Å². The lowest BCUT2D eigenvalue weighted by molar-refractivity contribution is -0.139. The lowest BCUT2D eigenvalue weighted by Gasteiger charge is -2.57. The normalized spacial score (nSPS) is 22.0. The molecule has 1 unspecified atom stereocenters. The Balaban J connectivity index is 1.78. The monoisotopic (exact) mass is 525 g/mol. The number of carbonyl (C=O) groups is 1. The summed E-state index contributed by atoms with van der Waals surface area (Å²) < 4.78 is 28.5. The minimum atomic E-state index is -4.20. The predicted molar refractivity (Wildman–Crippen MR) is 131 cm³/mol. The van der Waals surface area contributed by atoms with Crippen LogP contribution >= 0.6 is 34.8 Å². The van der Waals surface area contributed by atoms with Crippen LogP contribution in [0.2, 0.25) is 10.0 Å². The zero-order chi connectivity index (χ0) is 23.9. The third-order valence-electron chi connectivity index (χ3n) is 6.40. The SMILES string of the molecule is O=C(O)CN(C1(C2(Cl)C=CC=C(c3cccc(Cl)c3)C2)CCC1)S(=O)(=O)c1cccc(Cl)c1. The van der Waals surface area contributed by atoms with Crippen molar-refractivity contribution < 1.29 is 18.3 Å². The number of sulfonamides is 1. The van der Waals surface area contributed by atoms with E-state index in [-0.39, 0.29) is 9.92 Å². The Morgan fingerprint density at radius 1 is 1.06 bits per heavy atom. The highest BCUT2D eigenvalue weighted by Gasteiger charge is 2.60. The van der Waals surface area contributed by atoms with Gasteiger partial charge in [-0.15, -0.1) is 11.6 Å². The van der Waals surface area contributed by atoms with Gasteiger partial charge in [0.05, 0.1) is 15.3 Å². The number of rotatable bonds is 7. The molecule has 33 heavy (non-hydrogen) atoms. The largest absolute Gasteiger partial charge is 0.480 e. The van der Waals surface area contributed by atoms with E-state index in [0.29, 0.717) is 24.3 Å². The number of halogens is 3. The average Bonchev–Trinajstić information content (AvgIpc) is 2.72. The van der Waals surface area contributed by atoms with E-state index in [4.69, 9.17) is 34.8 Å². The van der Waals surface area contributed by atoms with Crippen molar-refractivity contribution in [2.24, 2.45) is 0 Å². The summed E-state index contributed by atoms with van der Waals surface area (Å²) in [6, 6.07) is 13.2. The molecule has 0 saturated heterocycles. The first-order valence-corrected chi connectivity index (χ1v) is 13.0. The van der Waals surface area contributed by atoms with Crippen LogP contribution in [0.4, 0.5) is 0 Å². The van der Waals surface area contributed by atoms with Crippen molar-refractivity contribution >= 4 is 56.4 Å². The second-order valence-electron chi connectivity index (χ2n) is 8.35. The number of carboxylic acid groups (broad SMARTS) is 1. The molecule has 2 aliphatic carbocycles. The summed E-state index contributed by atoms with van der Waals surface area (Å²) in [6.07, 6.45) is 7.45. The molecule has 1 atom stereocenters. The van der Waals surface area contributed by atoms with Crippen LogP contribution in [0.3, 0.4) is 0 Å². The lowest BCUT2D eigenvalue weighted by Crippen LogP contribution is -2.67. The molecule has 4 rings (SSSR count). The number of carboxylic acids is 1. The zero-order valence-corrected chi connectivity index (χ0v) is 20.6. The third kappa shape index (κ3) is 4.47. The molecule has 2 aromatic carbocycles. The quantitative estimate of drug-likeness (QED) is 0.448. The van der Waals surface area contributed by atoms with Gasteiger partial charge in [-0.3, -0.25) is 4.79 Å².